The Bertz CT molecular complexity index is 461. The molecule has 19 heavy (non-hydrogen) atoms. The second kappa shape index (κ2) is 5.51. The van der Waals surface area contributed by atoms with Crippen LogP contribution >= 0.6 is 15.9 Å². The first kappa shape index (κ1) is 14.3. The maximum atomic E-state index is 11.7. The van der Waals surface area contributed by atoms with Gasteiger partial charge in [-0.1, -0.05) is 15.9 Å². The Hall–Kier alpha value is -1.07. The van der Waals surface area contributed by atoms with E-state index in [-0.39, 0.29) is 0 Å². The molecule has 0 aromatic heterocycles. The van der Waals surface area contributed by atoms with Gasteiger partial charge in [0, 0.05) is 29.3 Å². The molecule has 1 aromatic carbocycles. The Morgan fingerprint density at radius 1 is 1.42 bits per heavy atom. The van der Waals surface area contributed by atoms with E-state index >= 15 is 0 Å². The van der Waals surface area contributed by atoms with Crippen molar-refractivity contribution >= 4 is 27.6 Å². The highest BCUT2D eigenvalue weighted by Gasteiger charge is 2.45. The van der Waals surface area contributed by atoms with Crippen molar-refractivity contribution < 1.29 is 9.90 Å². The zero-order chi connectivity index (χ0) is 14.0. The summed E-state index contributed by atoms with van der Waals surface area (Å²) in [6.07, 6.45) is 0.622. The quantitative estimate of drug-likeness (QED) is 0.893. The van der Waals surface area contributed by atoms with E-state index in [1.807, 2.05) is 24.3 Å². The zero-order valence-corrected chi connectivity index (χ0v) is 12.8. The van der Waals surface area contributed by atoms with Gasteiger partial charge < -0.3 is 10.4 Å². The Kier molecular flexibility index (Phi) is 4.16. The first-order chi connectivity index (χ1) is 8.93. The highest BCUT2D eigenvalue weighted by Crippen LogP contribution is 2.28. The van der Waals surface area contributed by atoms with Crippen molar-refractivity contribution in [3.8, 4) is 0 Å². The first-order valence-corrected chi connectivity index (χ1v) is 7.23. The molecular formula is C14H19BrN2O2. The molecule has 0 saturated carbocycles. The first-order valence-electron chi connectivity index (χ1n) is 6.44. The van der Waals surface area contributed by atoms with Gasteiger partial charge in [-0.15, -0.1) is 0 Å². The number of benzene rings is 1. The van der Waals surface area contributed by atoms with Crippen molar-refractivity contribution in [3.05, 3.63) is 28.7 Å². The normalized spacial score (nSPS) is 23.8. The molecule has 4 nitrogen and oxygen atoms in total. The van der Waals surface area contributed by atoms with Crippen LogP contribution in [-0.2, 0) is 4.79 Å². The van der Waals surface area contributed by atoms with Crippen LogP contribution < -0.4 is 5.32 Å². The van der Waals surface area contributed by atoms with Crippen molar-refractivity contribution in [3.63, 3.8) is 0 Å². The van der Waals surface area contributed by atoms with Crippen LogP contribution in [-0.4, -0.2) is 40.6 Å². The van der Waals surface area contributed by atoms with Gasteiger partial charge in [-0.25, -0.2) is 4.79 Å². The summed E-state index contributed by atoms with van der Waals surface area (Å²) in [5.41, 5.74) is -0.0332. The number of carboxylic acid groups (broad SMARTS) is 1. The largest absolute Gasteiger partial charge is 0.479 e. The average Bonchev–Trinajstić information content (AvgIpc) is 2.78. The molecule has 0 radical (unpaired) electrons. The standard InChI is InChI=1S/C14H19BrN2O2/c1-10(2)17-8-7-14(9-17,13(18)19)16-12-5-3-11(15)4-6-12/h3-6,10,16H,7-9H2,1-2H3,(H,18,19). The number of carboxylic acids is 1. The van der Waals surface area contributed by atoms with E-state index in [0.717, 1.165) is 16.7 Å². The number of aliphatic carboxylic acids is 1. The number of nitrogens with zero attached hydrogens (tertiary/aromatic N) is 1. The summed E-state index contributed by atoms with van der Waals surface area (Å²) in [5.74, 6) is -0.779. The minimum absolute atomic E-state index is 0.368. The number of hydrogen-bond donors (Lipinski definition) is 2. The maximum absolute atomic E-state index is 11.7. The predicted molar refractivity (Wildman–Crippen MR) is 79.5 cm³/mol. The number of rotatable bonds is 4. The fourth-order valence-electron chi connectivity index (χ4n) is 2.42. The summed E-state index contributed by atoms with van der Waals surface area (Å²) in [7, 11) is 0. The highest BCUT2D eigenvalue weighted by atomic mass is 79.9. The molecule has 1 saturated heterocycles. The van der Waals surface area contributed by atoms with Crippen molar-refractivity contribution in [2.45, 2.75) is 31.8 Å². The molecule has 2 rings (SSSR count). The molecule has 1 aromatic rings. The molecule has 1 heterocycles. The van der Waals surface area contributed by atoms with Gasteiger partial charge in [-0.2, -0.15) is 0 Å². The molecule has 0 bridgehead atoms. The third-order valence-electron chi connectivity index (χ3n) is 3.67. The van der Waals surface area contributed by atoms with Gasteiger partial charge in [-0.3, -0.25) is 4.90 Å². The fourth-order valence-corrected chi connectivity index (χ4v) is 2.68. The smallest absolute Gasteiger partial charge is 0.330 e. The summed E-state index contributed by atoms with van der Waals surface area (Å²) in [5, 5.41) is 12.8. The second-order valence-corrected chi connectivity index (χ2v) is 6.25. The molecular weight excluding hydrogens is 308 g/mol. The molecule has 1 unspecified atom stereocenters. The molecule has 1 atom stereocenters. The van der Waals surface area contributed by atoms with Gasteiger partial charge in [0.25, 0.3) is 0 Å². The van der Waals surface area contributed by atoms with E-state index in [4.69, 9.17) is 0 Å². The van der Waals surface area contributed by atoms with Gasteiger partial charge in [0.15, 0.2) is 0 Å². The van der Waals surface area contributed by atoms with Crippen LogP contribution in [0.5, 0.6) is 0 Å². The summed E-state index contributed by atoms with van der Waals surface area (Å²) in [4.78, 5) is 13.9. The van der Waals surface area contributed by atoms with Gasteiger partial charge in [-0.05, 0) is 44.5 Å². The predicted octanol–water partition coefficient (Wildman–Crippen LogP) is 2.80. The lowest BCUT2D eigenvalue weighted by atomic mass is 9.98. The number of nitrogens with one attached hydrogen (secondary N) is 1. The van der Waals surface area contributed by atoms with Gasteiger partial charge >= 0.3 is 5.97 Å². The van der Waals surface area contributed by atoms with Gasteiger partial charge in [0.05, 0.1) is 0 Å². The molecule has 1 aliphatic rings. The van der Waals surface area contributed by atoms with Crippen LogP contribution in [0.2, 0.25) is 0 Å². The van der Waals surface area contributed by atoms with Crippen molar-refractivity contribution in [2.24, 2.45) is 0 Å². The van der Waals surface area contributed by atoms with Crippen LogP contribution in [0, 0.1) is 0 Å². The lowest BCUT2D eigenvalue weighted by Crippen LogP contribution is -2.49. The van der Waals surface area contributed by atoms with E-state index in [2.05, 4.69) is 40.0 Å². The minimum atomic E-state index is -0.877. The summed E-state index contributed by atoms with van der Waals surface area (Å²) < 4.78 is 0.984. The Labute approximate surface area is 121 Å². The van der Waals surface area contributed by atoms with Gasteiger partial charge in [0.1, 0.15) is 5.54 Å². The Balaban J connectivity index is 2.17. The van der Waals surface area contributed by atoms with Crippen LogP contribution in [0.1, 0.15) is 20.3 Å². The zero-order valence-electron chi connectivity index (χ0n) is 11.2. The third kappa shape index (κ3) is 3.09. The summed E-state index contributed by atoms with van der Waals surface area (Å²) in [6, 6.07) is 7.98. The number of carbonyl (C=O) groups is 1. The third-order valence-corrected chi connectivity index (χ3v) is 4.19. The number of halogens is 1. The van der Waals surface area contributed by atoms with Crippen LogP contribution in [0.3, 0.4) is 0 Å². The van der Waals surface area contributed by atoms with Crippen molar-refractivity contribution in [1.82, 2.24) is 4.90 Å². The summed E-state index contributed by atoms with van der Waals surface area (Å²) >= 11 is 3.38. The van der Waals surface area contributed by atoms with Crippen LogP contribution in [0.15, 0.2) is 28.7 Å². The topological polar surface area (TPSA) is 52.6 Å². The van der Waals surface area contributed by atoms with Crippen LogP contribution in [0.25, 0.3) is 0 Å². The van der Waals surface area contributed by atoms with E-state index in [0.29, 0.717) is 19.0 Å². The minimum Gasteiger partial charge on any atom is -0.479 e. The highest BCUT2D eigenvalue weighted by molar-refractivity contribution is 9.10. The molecule has 1 fully saturated rings. The molecule has 1 aliphatic heterocycles. The van der Waals surface area contributed by atoms with E-state index in [1.54, 1.807) is 0 Å². The lowest BCUT2D eigenvalue weighted by Gasteiger charge is -2.28. The number of likely N-dealkylation sites (tertiary alicyclic amines) is 1. The van der Waals surface area contributed by atoms with E-state index in [1.165, 1.54) is 0 Å². The van der Waals surface area contributed by atoms with Gasteiger partial charge in [0.2, 0.25) is 0 Å². The average molecular weight is 327 g/mol. The Morgan fingerprint density at radius 2 is 2.05 bits per heavy atom. The van der Waals surface area contributed by atoms with Crippen LogP contribution in [0.4, 0.5) is 5.69 Å². The maximum Gasteiger partial charge on any atom is 0.330 e. The number of anilines is 1. The molecule has 5 heteroatoms. The molecule has 104 valence electrons. The molecule has 2 N–H and O–H groups in total. The second-order valence-electron chi connectivity index (χ2n) is 5.33. The Morgan fingerprint density at radius 3 is 2.53 bits per heavy atom. The molecule has 0 spiro atoms. The fraction of sp³-hybridized carbons (Fsp3) is 0.500. The SMILES string of the molecule is CC(C)N1CCC(Nc2ccc(Br)cc2)(C(=O)O)C1. The monoisotopic (exact) mass is 326 g/mol. The van der Waals surface area contributed by atoms with E-state index in [9.17, 15) is 9.90 Å². The molecule has 0 amide bonds. The van der Waals surface area contributed by atoms with Crippen molar-refractivity contribution in [1.29, 1.82) is 0 Å². The lowest BCUT2D eigenvalue weighted by molar-refractivity contribution is -0.141. The van der Waals surface area contributed by atoms with Crippen molar-refractivity contribution in [2.75, 3.05) is 18.4 Å². The van der Waals surface area contributed by atoms with E-state index < -0.39 is 11.5 Å². The summed E-state index contributed by atoms with van der Waals surface area (Å²) in [6.45, 7) is 5.54. The number of hydrogen-bond acceptors (Lipinski definition) is 3. The molecule has 0 aliphatic carbocycles.